The predicted octanol–water partition coefficient (Wildman–Crippen LogP) is 1.94. The van der Waals surface area contributed by atoms with E-state index in [0.717, 1.165) is 29.4 Å². The van der Waals surface area contributed by atoms with Gasteiger partial charge in [0.15, 0.2) is 5.16 Å². The number of pyridine rings is 1. The van der Waals surface area contributed by atoms with Crippen molar-refractivity contribution in [1.29, 1.82) is 0 Å². The molecule has 126 valence electrons. The van der Waals surface area contributed by atoms with E-state index in [9.17, 15) is 9.59 Å². The number of nitrogens with zero attached hydrogens (tertiary/aromatic N) is 3. The standard InChI is InChI=1S/C17H20N4O2S/c1-2-5-12-8-16(23)21-14(11-24-17(21)20-12)9-15(22)19-10-13-6-3-4-7-18-13/h3-4,6-8,14H,2,5,9-11H2,1H3,(H,19,22)/t14-/m0/s1. The fraction of sp³-hybridized carbons (Fsp3) is 0.412. The molecule has 0 fully saturated rings. The first-order valence-electron chi connectivity index (χ1n) is 8.09. The fourth-order valence-corrected chi connectivity index (χ4v) is 3.88. The number of nitrogens with one attached hydrogen (secondary N) is 1. The number of aryl methyl sites for hydroxylation is 1. The number of rotatable bonds is 6. The highest BCUT2D eigenvalue weighted by Gasteiger charge is 2.27. The third-order valence-electron chi connectivity index (χ3n) is 3.86. The minimum atomic E-state index is -0.135. The summed E-state index contributed by atoms with van der Waals surface area (Å²) in [6.07, 6.45) is 3.74. The lowest BCUT2D eigenvalue weighted by molar-refractivity contribution is -0.121. The van der Waals surface area contributed by atoms with E-state index in [-0.39, 0.29) is 23.9 Å². The van der Waals surface area contributed by atoms with Gasteiger partial charge in [0.25, 0.3) is 5.56 Å². The Bertz CT molecular complexity index is 776. The summed E-state index contributed by atoms with van der Waals surface area (Å²) in [6, 6.07) is 7.05. The zero-order chi connectivity index (χ0) is 16.9. The maximum Gasteiger partial charge on any atom is 0.254 e. The van der Waals surface area contributed by atoms with Gasteiger partial charge in [0.05, 0.1) is 18.3 Å². The van der Waals surface area contributed by atoms with E-state index in [1.165, 1.54) is 0 Å². The third-order valence-corrected chi connectivity index (χ3v) is 4.96. The normalized spacial score (nSPS) is 16.0. The van der Waals surface area contributed by atoms with Gasteiger partial charge in [-0.05, 0) is 18.6 Å². The van der Waals surface area contributed by atoms with Crippen molar-refractivity contribution in [3.8, 4) is 0 Å². The van der Waals surface area contributed by atoms with Gasteiger partial charge in [-0.2, -0.15) is 0 Å². The van der Waals surface area contributed by atoms with Crippen LogP contribution in [0.2, 0.25) is 0 Å². The highest BCUT2D eigenvalue weighted by Crippen LogP contribution is 2.32. The van der Waals surface area contributed by atoms with Crippen molar-refractivity contribution in [2.24, 2.45) is 0 Å². The molecule has 1 aliphatic heterocycles. The first-order valence-corrected chi connectivity index (χ1v) is 9.07. The van der Waals surface area contributed by atoms with Crippen molar-refractivity contribution in [2.45, 2.75) is 43.9 Å². The Morgan fingerprint density at radius 2 is 2.29 bits per heavy atom. The van der Waals surface area contributed by atoms with Gasteiger partial charge in [0.2, 0.25) is 5.91 Å². The summed E-state index contributed by atoms with van der Waals surface area (Å²) in [5.74, 6) is 0.623. The Morgan fingerprint density at radius 1 is 1.42 bits per heavy atom. The summed E-state index contributed by atoms with van der Waals surface area (Å²) in [7, 11) is 0. The molecular formula is C17H20N4O2S. The van der Waals surface area contributed by atoms with Crippen molar-refractivity contribution in [1.82, 2.24) is 19.9 Å². The highest BCUT2D eigenvalue weighted by atomic mass is 32.2. The average molecular weight is 344 g/mol. The first-order chi connectivity index (χ1) is 11.7. The summed E-state index contributed by atoms with van der Waals surface area (Å²) in [5, 5.41) is 3.59. The summed E-state index contributed by atoms with van der Waals surface area (Å²) in [4.78, 5) is 33.2. The number of carbonyl (C=O) groups excluding carboxylic acids is 1. The summed E-state index contributed by atoms with van der Waals surface area (Å²) in [6.45, 7) is 2.46. The highest BCUT2D eigenvalue weighted by molar-refractivity contribution is 7.99. The Hall–Kier alpha value is -2.15. The molecule has 1 amide bonds. The summed E-state index contributed by atoms with van der Waals surface area (Å²) >= 11 is 1.55. The molecule has 1 atom stereocenters. The van der Waals surface area contributed by atoms with Gasteiger partial charge in [-0.25, -0.2) is 4.98 Å². The van der Waals surface area contributed by atoms with E-state index in [0.29, 0.717) is 12.3 Å². The van der Waals surface area contributed by atoms with Crippen LogP contribution in [0.3, 0.4) is 0 Å². The van der Waals surface area contributed by atoms with Crippen LogP contribution in [0.4, 0.5) is 0 Å². The number of hydrogen-bond acceptors (Lipinski definition) is 5. The molecule has 0 spiro atoms. The van der Waals surface area contributed by atoms with Crippen LogP contribution >= 0.6 is 11.8 Å². The molecule has 3 rings (SSSR count). The van der Waals surface area contributed by atoms with Crippen LogP contribution in [0.5, 0.6) is 0 Å². The SMILES string of the molecule is CCCc1cc(=O)n2c(n1)SC[C@@H]2CC(=O)NCc1ccccn1. The second kappa shape index (κ2) is 7.61. The van der Waals surface area contributed by atoms with Gasteiger partial charge < -0.3 is 5.32 Å². The Labute approximate surface area is 144 Å². The van der Waals surface area contributed by atoms with Crippen molar-refractivity contribution in [3.63, 3.8) is 0 Å². The van der Waals surface area contributed by atoms with Crippen LogP contribution in [-0.2, 0) is 17.8 Å². The van der Waals surface area contributed by atoms with E-state index >= 15 is 0 Å². The number of thioether (sulfide) groups is 1. The summed E-state index contributed by atoms with van der Waals surface area (Å²) in [5.41, 5.74) is 1.59. The molecule has 3 heterocycles. The lowest BCUT2D eigenvalue weighted by Gasteiger charge is -2.13. The molecule has 0 bridgehead atoms. The number of hydrogen-bond donors (Lipinski definition) is 1. The van der Waals surface area contributed by atoms with Crippen molar-refractivity contribution >= 4 is 17.7 Å². The Balaban J connectivity index is 1.64. The van der Waals surface area contributed by atoms with Crippen LogP contribution in [0, 0.1) is 0 Å². The molecule has 24 heavy (non-hydrogen) atoms. The van der Waals surface area contributed by atoms with Gasteiger partial charge in [0.1, 0.15) is 0 Å². The van der Waals surface area contributed by atoms with E-state index in [1.807, 2.05) is 18.2 Å². The largest absolute Gasteiger partial charge is 0.350 e. The van der Waals surface area contributed by atoms with E-state index in [2.05, 4.69) is 22.2 Å². The molecule has 0 saturated carbocycles. The van der Waals surface area contributed by atoms with Gasteiger partial charge >= 0.3 is 0 Å². The van der Waals surface area contributed by atoms with Crippen LogP contribution in [0.1, 0.15) is 37.2 Å². The maximum atomic E-state index is 12.3. The molecule has 0 aliphatic carbocycles. The monoisotopic (exact) mass is 344 g/mol. The van der Waals surface area contributed by atoms with Gasteiger partial charge in [0, 0.05) is 30.1 Å². The molecular weight excluding hydrogens is 324 g/mol. The van der Waals surface area contributed by atoms with Crippen LogP contribution < -0.4 is 10.9 Å². The molecule has 0 unspecified atom stereocenters. The lowest BCUT2D eigenvalue weighted by Crippen LogP contribution is -2.30. The number of fused-ring (bicyclic) bond motifs is 1. The van der Waals surface area contributed by atoms with Crippen molar-refractivity contribution in [3.05, 3.63) is 52.2 Å². The zero-order valence-corrected chi connectivity index (χ0v) is 14.4. The first kappa shape index (κ1) is 16.7. The van der Waals surface area contributed by atoms with E-state index in [1.54, 1.807) is 28.6 Å². The topological polar surface area (TPSA) is 76.9 Å². The van der Waals surface area contributed by atoms with Crippen molar-refractivity contribution < 1.29 is 4.79 Å². The molecule has 6 nitrogen and oxygen atoms in total. The average Bonchev–Trinajstić information content (AvgIpc) is 2.97. The number of amides is 1. The third kappa shape index (κ3) is 3.84. The molecule has 1 N–H and O–H groups in total. The molecule has 2 aromatic rings. The molecule has 7 heteroatoms. The zero-order valence-electron chi connectivity index (χ0n) is 13.6. The summed E-state index contributed by atoms with van der Waals surface area (Å²) < 4.78 is 1.66. The molecule has 0 aromatic carbocycles. The van der Waals surface area contributed by atoms with Crippen LogP contribution in [0.15, 0.2) is 40.4 Å². The second-order valence-corrected chi connectivity index (χ2v) is 6.74. The molecule has 1 aliphatic rings. The van der Waals surface area contributed by atoms with Gasteiger partial charge in [-0.3, -0.25) is 19.1 Å². The molecule has 0 saturated heterocycles. The minimum Gasteiger partial charge on any atom is -0.350 e. The van der Waals surface area contributed by atoms with Gasteiger partial charge in [-0.15, -0.1) is 0 Å². The van der Waals surface area contributed by atoms with E-state index < -0.39 is 0 Å². The smallest absolute Gasteiger partial charge is 0.254 e. The van der Waals surface area contributed by atoms with Crippen LogP contribution in [0.25, 0.3) is 0 Å². The van der Waals surface area contributed by atoms with Gasteiger partial charge in [-0.1, -0.05) is 31.2 Å². The Morgan fingerprint density at radius 3 is 3.04 bits per heavy atom. The fourth-order valence-electron chi connectivity index (χ4n) is 2.71. The number of aromatic nitrogens is 3. The van der Waals surface area contributed by atoms with E-state index in [4.69, 9.17) is 0 Å². The van der Waals surface area contributed by atoms with Crippen LogP contribution in [-0.4, -0.2) is 26.2 Å². The predicted molar refractivity (Wildman–Crippen MR) is 93.0 cm³/mol. The minimum absolute atomic E-state index is 0.0593. The molecule has 0 radical (unpaired) electrons. The van der Waals surface area contributed by atoms with Crippen molar-refractivity contribution in [2.75, 3.05) is 5.75 Å². The second-order valence-electron chi connectivity index (χ2n) is 5.76. The molecule has 2 aromatic heterocycles. The quantitative estimate of drug-likeness (QED) is 0.811. The maximum absolute atomic E-state index is 12.3. The lowest BCUT2D eigenvalue weighted by atomic mass is 10.2. The number of carbonyl (C=O) groups is 1. The Kier molecular flexibility index (Phi) is 5.30.